The normalized spacial score (nSPS) is 20.5. The molecule has 4 heteroatoms. The minimum atomic E-state index is -0.0119. The minimum Gasteiger partial charge on any atom is -0.273 e. The van der Waals surface area contributed by atoms with Crippen LogP contribution in [0, 0.1) is 5.92 Å². The van der Waals surface area contributed by atoms with Crippen molar-refractivity contribution in [1.82, 2.24) is 5.43 Å². The summed E-state index contributed by atoms with van der Waals surface area (Å²) >= 11 is 5.86. The molecule has 2 atom stereocenters. The van der Waals surface area contributed by atoms with Crippen LogP contribution in [-0.4, -0.2) is 11.6 Å². The maximum absolute atomic E-state index is 12.1. The van der Waals surface area contributed by atoms with Crippen LogP contribution >= 0.6 is 11.6 Å². The first-order valence-electron chi connectivity index (χ1n) is 7.30. The van der Waals surface area contributed by atoms with Crippen molar-refractivity contribution < 1.29 is 4.79 Å². The first-order chi connectivity index (χ1) is 10.6. The molecule has 2 unspecified atom stereocenters. The summed E-state index contributed by atoms with van der Waals surface area (Å²) in [5.74, 6) is 0.346. The fourth-order valence-electron chi connectivity index (χ4n) is 2.53. The number of hydrogen-bond acceptors (Lipinski definition) is 2. The quantitative estimate of drug-likeness (QED) is 0.673. The van der Waals surface area contributed by atoms with E-state index in [1.54, 1.807) is 0 Å². The lowest BCUT2D eigenvalue weighted by atomic mass is 10.1. The van der Waals surface area contributed by atoms with Crippen molar-refractivity contribution >= 4 is 23.2 Å². The number of halogens is 1. The molecule has 0 bridgehead atoms. The second-order valence-corrected chi connectivity index (χ2v) is 5.98. The van der Waals surface area contributed by atoms with Gasteiger partial charge in [-0.2, -0.15) is 5.10 Å². The van der Waals surface area contributed by atoms with E-state index >= 15 is 0 Å². The molecule has 0 spiro atoms. The van der Waals surface area contributed by atoms with Crippen molar-refractivity contribution in [2.45, 2.75) is 19.3 Å². The van der Waals surface area contributed by atoms with Gasteiger partial charge in [0.15, 0.2) is 0 Å². The minimum absolute atomic E-state index is 0.0119. The summed E-state index contributed by atoms with van der Waals surface area (Å²) in [5.41, 5.74) is 5.61. The number of benzene rings is 2. The molecule has 1 fully saturated rings. The van der Waals surface area contributed by atoms with Gasteiger partial charge in [-0.25, -0.2) is 5.43 Å². The first-order valence-corrected chi connectivity index (χ1v) is 7.68. The van der Waals surface area contributed by atoms with Crippen LogP contribution < -0.4 is 5.43 Å². The molecule has 1 aliphatic carbocycles. The molecule has 22 heavy (non-hydrogen) atoms. The van der Waals surface area contributed by atoms with Crippen LogP contribution in [0.15, 0.2) is 59.7 Å². The standard InChI is InChI=1S/C18H17ClN2O/c1-12(13-7-9-15(19)10-8-13)20-21-18(22)17-11-16(17)14-5-3-2-4-6-14/h2-10,16-17H,11H2,1H3,(H,21,22)/b20-12+. The van der Waals surface area contributed by atoms with Crippen molar-refractivity contribution in [2.75, 3.05) is 0 Å². The van der Waals surface area contributed by atoms with E-state index in [1.165, 1.54) is 5.56 Å². The smallest absolute Gasteiger partial charge is 0.243 e. The third kappa shape index (κ3) is 3.37. The molecule has 2 aromatic rings. The topological polar surface area (TPSA) is 41.5 Å². The number of hydrogen-bond donors (Lipinski definition) is 1. The van der Waals surface area contributed by atoms with Gasteiger partial charge in [-0.05, 0) is 42.5 Å². The third-order valence-electron chi connectivity index (χ3n) is 3.95. The first kappa shape index (κ1) is 14.8. The molecule has 0 radical (unpaired) electrons. The number of nitrogens with zero attached hydrogens (tertiary/aromatic N) is 1. The predicted molar refractivity (Wildman–Crippen MR) is 89.1 cm³/mol. The molecule has 1 saturated carbocycles. The van der Waals surface area contributed by atoms with E-state index < -0.39 is 0 Å². The highest BCUT2D eigenvalue weighted by Crippen LogP contribution is 2.47. The van der Waals surface area contributed by atoms with E-state index in [-0.39, 0.29) is 11.8 Å². The van der Waals surface area contributed by atoms with Crippen molar-refractivity contribution in [3.05, 3.63) is 70.7 Å². The zero-order valence-corrected chi connectivity index (χ0v) is 13.0. The van der Waals surface area contributed by atoms with Crippen molar-refractivity contribution in [1.29, 1.82) is 0 Å². The van der Waals surface area contributed by atoms with Gasteiger partial charge in [0.1, 0.15) is 0 Å². The van der Waals surface area contributed by atoms with Crippen LogP contribution in [0.3, 0.4) is 0 Å². The van der Waals surface area contributed by atoms with Crippen LogP contribution in [0.2, 0.25) is 5.02 Å². The van der Waals surface area contributed by atoms with Crippen molar-refractivity contribution in [2.24, 2.45) is 11.0 Å². The molecule has 1 amide bonds. The summed E-state index contributed by atoms with van der Waals surface area (Å²) in [5, 5.41) is 4.87. The van der Waals surface area contributed by atoms with Crippen LogP contribution in [0.4, 0.5) is 0 Å². The average molecular weight is 313 g/mol. The fraction of sp³-hybridized carbons (Fsp3) is 0.222. The van der Waals surface area contributed by atoms with Gasteiger partial charge in [0.05, 0.1) is 5.71 Å². The van der Waals surface area contributed by atoms with Gasteiger partial charge >= 0.3 is 0 Å². The Morgan fingerprint density at radius 1 is 1.14 bits per heavy atom. The second kappa shape index (κ2) is 6.32. The molecule has 0 aromatic heterocycles. The Morgan fingerprint density at radius 2 is 1.82 bits per heavy atom. The van der Waals surface area contributed by atoms with Crippen LogP contribution in [-0.2, 0) is 4.79 Å². The van der Waals surface area contributed by atoms with Gasteiger partial charge in [0.25, 0.3) is 0 Å². The summed E-state index contributed by atoms with van der Waals surface area (Å²) in [6.45, 7) is 1.87. The molecule has 112 valence electrons. The predicted octanol–water partition coefficient (Wildman–Crippen LogP) is 3.98. The molecule has 3 rings (SSSR count). The number of amides is 1. The SMILES string of the molecule is C/C(=N\NC(=O)C1CC1c1ccccc1)c1ccc(Cl)cc1. The van der Waals surface area contributed by atoms with Gasteiger partial charge in [-0.3, -0.25) is 4.79 Å². The van der Waals surface area contributed by atoms with E-state index in [0.717, 1.165) is 17.7 Å². The summed E-state index contributed by atoms with van der Waals surface area (Å²) in [6, 6.07) is 17.5. The van der Waals surface area contributed by atoms with Gasteiger partial charge in [-0.1, -0.05) is 54.1 Å². The summed E-state index contributed by atoms with van der Waals surface area (Å²) in [7, 11) is 0. The number of hydrazone groups is 1. The van der Waals surface area contributed by atoms with Crippen LogP contribution in [0.5, 0.6) is 0 Å². The van der Waals surface area contributed by atoms with Crippen LogP contribution in [0.1, 0.15) is 30.4 Å². The molecular formula is C18H17ClN2O. The Labute approximate surface area is 135 Å². The van der Waals surface area contributed by atoms with Gasteiger partial charge < -0.3 is 0 Å². The monoisotopic (exact) mass is 312 g/mol. The van der Waals surface area contributed by atoms with E-state index in [4.69, 9.17) is 11.6 Å². The van der Waals surface area contributed by atoms with Crippen molar-refractivity contribution in [3.8, 4) is 0 Å². The molecule has 3 nitrogen and oxygen atoms in total. The lowest BCUT2D eigenvalue weighted by molar-refractivity contribution is -0.122. The molecule has 0 aliphatic heterocycles. The lowest BCUT2D eigenvalue weighted by Crippen LogP contribution is -2.21. The maximum atomic E-state index is 12.1. The number of rotatable bonds is 4. The van der Waals surface area contributed by atoms with Crippen LogP contribution in [0.25, 0.3) is 0 Å². The highest BCUT2D eigenvalue weighted by molar-refractivity contribution is 6.30. The number of carbonyl (C=O) groups excluding carboxylic acids is 1. The zero-order chi connectivity index (χ0) is 15.5. The van der Waals surface area contributed by atoms with E-state index in [0.29, 0.717) is 10.9 Å². The van der Waals surface area contributed by atoms with Gasteiger partial charge in [0.2, 0.25) is 5.91 Å². The highest BCUT2D eigenvalue weighted by atomic mass is 35.5. The Morgan fingerprint density at radius 3 is 2.50 bits per heavy atom. The molecule has 1 N–H and O–H groups in total. The van der Waals surface area contributed by atoms with E-state index in [9.17, 15) is 4.79 Å². The lowest BCUT2D eigenvalue weighted by Gasteiger charge is -2.03. The highest BCUT2D eigenvalue weighted by Gasteiger charge is 2.43. The molecule has 2 aromatic carbocycles. The average Bonchev–Trinajstić information content (AvgIpc) is 3.34. The zero-order valence-electron chi connectivity index (χ0n) is 12.3. The third-order valence-corrected chi connectivity index (χ3v) is 4.20. The Balaban J connectivity index is 1.59. The van der Waals surface area contributed by atoms with Gasteiger partial charge in [0, 0.05) is 10.9 Å². The second-order valence-electron chi connectivity index (χ2n) is 5.54. The Bertz CT molecular complexity index is 695. The largest absolute Gasteiger partial charge is 0.273 e. The van der Waals surface area contributed by atoms with Gasteiger partial charge in [-0.15, -0.1) is 0 Å². The molecule has 0 heterocycles. The molecule has 1 aliphatic rings. The molecule has 0 saturated heterocycles. The number of nitrogens with one attached hydrogen (secondary N) is 1. The summed E-state index contributed by atoms with van der Waals surface area (Å²) < 4.78 is 0. The molecular weight excluding hydrogens is 296 g/mol. The Hall–Kier alpha value is -2.13. The summed E-state index contributed by atoms with van der Waals surface area (Å²) in [6.07, 6.45) is 0.894. The van der Waals surface area contributed by atoms with E-state index in [1.807, 2.05) is 49.4 Å². The number of carbonyl (C=O) groups is 1. The summed E-state index contributed by atoms with van der Waals surface area (Å²) in [4.78, 5) is 12.1. The van der Waals surface area contributed by atoms with Crippen molar-refractivity contribution in [3.63, 3.8) is 0 Å². The fourth-order valence-corrected chi connectivity index (χ4v) is 2.66. The Kier molecular flexibility index (Phi) is 4.25. The maximum Gasteiger partial charge on any atom is 0.243 e. The van der Waals surface area contributed by atoms with E-state index in [2.05, 4.69) is 22.7 Å².